The molecule has 9 nitrogen and oxygen atoms in total. The van der Waals surface area contributed by atoms with Crippen LogP contribution in [-0.4, -0.2) is 28.1 Å². The third-order valence-corrected chi connectivity index (χ3v) is 4.50. The number of esters is 1. The van der Waals surface area contributed by atoms with Crippen molar-refractivity contribution in [3.63, 3.8) is 0 Å². The number of halogens is 1. The van der Waals surface area contributed by atoms with E-state index < -0.39 is 16.8 Å². The number of rotatable bonds is 6. The number of nitrogens with one attached hydrogen (secondary N) is 1. The van der Waals surface area contributed by atoms with Crippen molar-refractivity contribution in [1.29, 1.82) is 0 Å². The van der Waals surface area contributed by atoms with Gasteiger partial charge in [0.1, 0.15) is 11.5 Å². The third-order valence-electron chi connectivity index (χ3n) is 4.01. The second kappa shape index (κ2) is 9.63. The fourth-order valence-electron chi connectivity index (χ4n) is 2.47. The summed E-state index contributed by atoms with van der Waals surface area (Å²) in [5.41, 5.74) is 2.71. The Morgan fingerprint density at radius 1 is 1.10 bits per heavy atom. The van der Waals surface area contributed by atoms with E-state index in [1.165, 1.54) is 48.7 Å². The maximum absolute atomic E-state index is 12.3. The van der Waals surface area contributed by atoms with Gasteiger partial charge in [-0.05, 0) is 42.5 Å². The van der Waals surface area contributed by atoms with Gasteiger partial charge in [-0.15, -0.1) is 0 Å². The van der Waals surface area contributed by atoms with Gasteiger partial charge in [0.25, 0.3) is 11.6 Å². The summed E-state index contributed by atoms with van der Waals surface area (Å²) in [5.74, 6) is -1.36. The van der Waals surface area contributed by atoms with Gasteiger partial charge < -0.3 is 9.84 Å². The van der Waals surface area contributed by atoms with Gasteiger partial charge in [0.2, 0.25) is 0 Å². The number of hydrazone groups is 1. The van der Waals surface area contributed by atoms with E-state index in [9.17, 15) is 24.8 Å². The van der Waals surface area contributed by atoms with Crippen LogP contribution in [0.15, 0.2) is 76.3 Å². The molecule has 0 aliphatic heterocycles. The molecule has 0 unspecified atom stereocenters. The molecule has 31 heavy (non-hydrogen) atoms. The van der Waals surface area contributed by atoms with Crippen molar-refractivity contribution in [2.75, 3.05) is 0 Å². The van der Waals surface area contributed by atoms with Crippen LogP contribution in [0.5, 0.6) is 11.5 Å². The summed E-state index contributed by atoms with van der Waals surface area (Å²) in [6.07, 6.45) is 1.28. The smallest absolute Gasteiger partial charge is 0.343 e. The highest BCUT2D eigenvalue weighted by atomic mass is 79.9. The lowest BCUT2D eigenvalue weighted by atomic mass is 10.2. The van der Waals surface area contributed by atoms with Crippen molar-refractivity contribution in [3.05, 3.63) is 98.0 Å². The molecular weight excluding hydrogens is 470 g/mol. The monoisotopic (exact) mass is 483 g/mol. The molecule has 3 aromatic carbocycles. The molecule has 156 valence electrons. The van der Waals surface area contributed by atoms with Crippen LogP contribution in [0.1, 0.15) is 26.3 Å². The zero-order valence-corrected chi connectivity index (χ0v) is 17.3. The van der Waals surface area contributed by atoms with Crippen LogP contribution in [0.25, 0.3) is 0 Å². The topological polar surface area (TPSA) is 131 Å². The zero-order chi connectivity index (χ0) is 22.4. The Kier molecular flexibility index (Phi) is 6.73. The molecule has 2 N–H and O–H groups in total. The number of benzene rings is 3. The van der Waals surface area contributed by atoms with E-state index in [0.717, 1.165) is 0 Å². The lowest BCUT2D eigenvalue weighted by Gasteiger charge is -2.07. The summed E-state index contributed by atoms with van der Waals surface area (Å²) >= 11 is 3.22. The molecular formula is C21H14BrN3O6. The first-order chi connectivity index (χ1) is 14.8. The highest BCUT2D eigenvalue weighted by Crippen LogP contribution is 2.22. The van der Waals surface area contributed by atoms with Crippen LogP contribution < -0.4 is 10.2 Å². The molecule has 0 aromatic heterocycles. The minimum Gasteiger partial charge on any atom is -0.507 e. The second-order valence-corrected chi connectivity index (χ2v) is 7.01. The molecule has 0 aliphatic carbocycles. The number of phenolic OH excluding ortho intramolecular Hbond substituents is 1. The van der Waals surface area contributed by atoms with Gasteiger partial charge in [0.05, 0.1) is 22.3 Å². The van der Waals surface area contributed by atoms with Crippen LogP contribution in [-0.2, 0) is 0 Å². The number of carbonyl (C=O) groups excluding carboxylic acids is 2. The van der Waals surface area contributed by atoms with Crippen molar-refractivity contribution in [3.8, 4) is 11.5 Å². The summed E-state index contributed by atoms with van der Waals surface area (Å²) < 4.78 is 5.96. The van der Waals surface area contributed by atoms with E-state index >= 15 is 0 Å². The van der Waals surface area contributed by atoms with Crippen molar-refractivity contribution in [1.82, 2.24) is 5.43 Å². The van der Waals surface area contributed by atoms with E-state index in [2.05, 4.69) is 26.5 Å². The maximum Gasteiger partial charge on any atom is 0.343 e. The molecule has 0 saturated carbocycles. The maximum atomic E-state index is 12.3. The van der Waals surface area contributed by atoms with Crippen molar-refractivity contribution < 1.29 is 24.4 Å². The normalized spacial score (nSPS) is 10.6. The molecule has 0 bridgehead atoms. The third kappa shape index (κ3) is 5.52. The van der Waals surface area contributed by atoms with E-state index in [1.807, 2.05) is 0 Å². The van der Waals surface area contributed by atoms with E-state index in [0.29, 0.717) is 10.0 Å². The SMILES string of the molecule is O=C(Oc1ccccc1/C=N\NC(=O)c1cc(Br)ccc1O)c1ccc([N+](=O)[O-])cc1. The molecule has 0 heterocycles. The average molecular weight is 484 g/mol. The molecule has 0 radical (unpaired) electrons. The first-order valence-corrected chi connectivity index (χ1v) is 9.52. The number of nitro groups is 1. The van der Waals surface area contributed by atoms with Crippen molar-refractivity contribution >= 4 is 39.7 Å². The molecule has 0 aliphatic rings. The number of nitro benzene ring substituents is 1. The first-order valence-electron chi connectivity index (χ1n) is 8.73. The largest absolute Gasteiger partial charge is 0.507 e. The number of para-hydroxylation sites is 1. The van der Waals surface area contributed by atoms with Gasteiger partial charge in [-0.25, -0.2) is 10.2 Å². The summed E-state index contributed by atoms with van der Waals surface area (Å²) in [5, 5.41) is 24.4. The van der Waals surface area contributed by atoms with E-state index in [1.54, 1.807) is 24.3 Å². The Bertz CT molecular complexity index is 1180. The Balaban J connectivity index is 1.71. The van der Waals surface area contributed by atoms with Gasteiger partial charge in [-0.3, -0.25) is 14.9 Å². The van der Waals surface area contributed by atoms with Gasteiger partial charge in [0, 0.05) is 22.2 Å². The predicted octanol–water partition coefficient (Wildman–Crippen LogP) is 4.05. The number of amides is 1. The van der Waals surface area contributed by atoms with Gasteiger partial charge in [-0.2, -0.15) is 5.10 Å². The number of non-ortho nitro benzene ring substituents is 1. The van der Waals surface area contributed by atoms with E-state index in [4.69, 9.17) is 4.74 Å². The number of phenols is 1. The quantitative estimate of drug-likeness (QED) is 0.179. The molecule has 0 spiro atoms. The number of carbonyl (C=O) groups is 2. The van der Waals surface area contributed by atoms with Gasteiger partial charge >= 0.3 is 5.97 Å². The highest BCUT2D eigenvalue weighted by Gasteiger charge is 2.14. The van der Waals surface area contributed by atoms with Crippen LogP contribution in [0.4, 0.5) is 5.69 Å². The summed E-state index contributed by atoms with van der Waals surface area (Å²) in [6, 6.07) is 15.9. The van der Waals surface area contributed by atoms with Gasteiger partial charge in [-0.1, -0.05) is 28.1 Å². The van der Waals surface area contributed by atoms with Crippen LogP contribution in [0.2, 0.25) is 0 Å². The molecule has 3 rings (SSSR count). The molecule has 0 fully saturated rings. The van der Waals surface area contributed by atoms with Gasteiger partial charge in [0.15, 0.2) is 0 Å². The molecule has 3 aromatic rings. The minimum atomic E-state index is -0.709. The van der Waals surface area contributed by atoms with Crippen molar-refractivity contribution in [2.45, 2.75) is 0 Å². The van der Waals surface area contributed by atoms with Crippen LogP contribution >= 0.6 is 15.9 Å². The Hall–Kier alpha value is -4.05. The summed E-state index contributed by atoms with van der Waals surface area (Å²) in [6.45, 7) is 0. The average Bonchev–Trinajstić information content (AvgIpc) is 2.76. The number of ether oxygens (including phenoxy) is 1. The standard InChI is InChI=1S/C21H14BrN3O6/c22-15-7-10-18(26)17(11-15)20(27)24-23-12-14-3-1-2-4-19(14)31-21(28)13-5-8-16(9-6-13)25(29)30/h1-12,26H,(H,24,27)/b23-12-. The summed E-state index contributed by atoms with van der Waals surface area (Å²) in [4.78, 5) is 34.7. The lowest BCUT2D eigenvalue weighted by Crippen LogP contribution is -2.18. The molecule has 0 saturated heterocycles. The Morgan fingerprint density at radius 3 is 2.52 bits per heavy atom. The minimum absolute atomic E-state index is 0.0319. The number of hydrogen-bond acceptors (Lipinski definition) is 7. The van der Waals surface area contributed by atoms with Crippen molar-refractivity contribution in [2.24, 2.45) is 5.10 Å². The van der Waals surface area contributed by atoms with Crippen LogP contribution in [0, 0.1) is 10.1 Å². The highest BCUT2D eigenvalue weighted by molar-refractivity contribution is 9.10. The molecule has 1 amide bonds. The Morgan fingerprint density at radius 2 is 1.81 bits per heavy atom. The first kappa shape index (κ1) is 21.7. The fraction of sp³-hybridized carbons (Fsp3) is 0. The molecule has 0 atom stereocenters. The molecule has 10 heteroatoms. The van der Waals surface area contributed by atoms with E-state index in [-0.39, 0.29) is 28.3 Å². The lowest BCUT2D eigenvalue weighted by molar-refractivity contribution is -0.384. The fourth-order valence-corrected chi connectivity index (χ4v) is 2.83. The summed E-state index contributed by atoms with van der Waals surface area (Å²) in [7, 11) is 0. The zero-order valence-electron chi connectivity index (χ0n) is 15.7. The second-order valence-electron chi connectivity index (χ2n) is 6.09. The Labute approximate surface area is 184 Å². The number of hydrogen-bond donors (Lipinski definition) is 2. The predicted molar refractivity (Wildman–Crippen MR) is 115 cm³/mol. The number of nitrogens with zero attached hydrogens (tertiary/aromatic N) is 2. The number of aromatic hydroxyl groups is 1. The van der Waals surface area contributed by atoms with Crippen LogP contribution in [0.3, 0.4) is 0 Å².